The third-order valence-corrected chi connectivity index (χ3v) is 3.07. The van der Waals surface area contributed by atoms with Gasteiger partial charge in [0, 0.05) is 0 Å². The van der Waals surface area contributed by atoms with Crippen LogP contribution in [-0.2, 0) is 0 Å². The minimum absolute atomic E-state index is 0.289. The molecule has 1 aromatic rings. The Morgan fingerprint density at radius 3 is 2.39 bits per heavy atom. The fourth-order valence-electron chi connectivity index (χ4n) is 1.88. The maximum absolute atomic E-state index is 12.1. The van der Waals surface area contributed by atoms with Gasteiger partial charge in [0.15, 0.2) is 6.61 Å². The molecule has 1 nitrogen and oxygen atoms in total. The van der Waals surface area contributed by atoms with Crippen molar-refractivity contribution in [2.75, 3.05) is 6.61 Å². The summed E-state index contributed by atoms with van der Waals surface area (Å²) in [6, 6.07) is 5.54. The second-order valence-electron chi connectivity index (χ2n) is 5.17. The van der Waals surface area contributed by atoms with Crippen molar-refractivity contribution in [3.8, 4) is 5.75 Å². The lowest BCUT2D eigenvalue weighted by Gasteiger charge is -2.14. The highest BCUT2D eigenvalue weighted by molar-refractivity contribution is 5.39. The lowest BCUT2D eigenvalue weighted by Crippen LogP contribution is -2.19. The van der Waals surface area contributed by atoms with Gasteiger partial charge in [0.25, 0.3) is 0 Å². The van der Waals surface area contributed by atoms with Gasteiger partial charge in [0.2, 0.25) is 0 Å². The second-order valence-corrected chi connectivity index (χ2v) is 5.17. The lowest BCUT2D eigenvalue weighted by molar-refractivity contribution is -0.153. The van der Waals surface area contributed by atoms with E-state index in [-0.39, 0.29) is 5.92 Å². The number of halogens is 3. The summed E-state index contributed by atoms with van der Waals surface area (Å²) in [4.78, 5) is 0. The molecule has 4 heteroatoms. The van der Waals surface area contributed by atoms with Gasteiger partial charge in [-0.2, -0.15) is 13.2 Å². The van der Waals surface area contributed by atoms with E-state index in [0.717, 1.165) is 24.0 Å². The van der Waals surface area contributed by atoms with E-state index in [4.69, 9.17) is 4.74 Å². The monoisotopic (exact) mass is 258 g/mol. The van der Waals surface area contributed by atoms with Crippen LogP contribution >= 0.6 is 0 Å². The first-order valence-corrected chi connectivity index (χ1v) is 6.19. The molecule has 1 saturated carbocycles. The number of benzene rings is 1. The summed E-state index contributed by atoms with van der Waals surface area (Å²) < 4.78 is 41.3. The summed E-state index contributed by atoms with van der Waals surface area (Å²) in [5.41, 5.74) is 2.15. The molecule has 0 atom stereocenters. The topological polar surface area (TPSA) is 9.23 Å². The highest BCUT2D eigenvalue weighted by Gasteiger charge is 2.29. The van der Waals surface area contributed by atoms with E-state index in [1.54, 1.807) is 12.1 Å². The quantitative estimate of drug-likeness (QED) is 0.765. The summed E-state index contributed by atoms with van der Waals surface area (Å²) in [5.74, 6) is 1.13. The molecule has 0 amide bonds. The number of hydrogen-bond acceptors (Lipinski definition) is 1. The molecule has 0 aliphatic heterocycles. The smallest absolute Gasteiger partial charge is 0.422 e. The van der Waals surface area contributed by atoms with Crippen LogP contribution in [0.15, 0.2) is 18.2 Å². The Labute approximate surface area is 105 Å². The zero-order chi connectivity index (χ0) is 13.3. The van der Waals surface area contributed by atoms with Crippen molar-refractivity contribution in [3.63, 3.8) is 0 Å². The zero-order valence-corrected chi connectivity index (χ0v) is 10.6. The van der Waals surface area contributed by atoms with Crippen LogP contribution in [0.2, 0.25) is 0 Å². The van der Waals surface area contributed by atoms with Crippen LogP contribution in [0.4, 0.5) is 13.2 Å². The highest BCUT2D eigenvalue weighted by Crippen LogP contribution is 2.42. The SMILES string of the molecule is CC(C)c1cc(OCC(F)(F)F)cc(C2CC2)c1. The first-order valence-electron chi connectivity index (χ1n) is 6.19. The Morgan fingerprint density at radius 1 is 1.22 bits per heavy atom. The maximum Gasteiger partial charge on any atom is 0.422 e. The molecule has 0 N–H and O–H groups in total. The van der Waals surface area contributed by atoms with E-state index in [1.807, 2.05) is 13.8 Å². The van der Waals surface area contributed by atoms with Crippen LogP contribution in [-0.4, -0.2) is 12.8 Å². The Kier molecular flexibility index (Phi) is 3.55. The van der Waals surface area contributed by atoms with E-state index in [2.05, 4.69) is 6.07 Å². The van der Waals surface area contributed by atoms with Gasteiger partial charge in [0.05, 0.1) is 0 Å². The lowest BCUT2D eigenvalue weighted by atomic mass is 9.98. The first-order chi connectivity index (χ1) is 8.35. The predicted molar refractivity (Wildman–Crippen MR) is 64.1 cm³/mol. The summed E-state index contributed by atoms with van der Waals surface area (Å²) in [6.45, 7) is 2.83. The van der Waals surface area contributed by atoms with Crippen molar-refractivity contribution in [1.82, 2.24) is 0 Å². The molecule has 1 aromatic carbocycles. The molecule has 18 heavy (non-hydrogen) atoms. The Balaban J connectivity index is 2.17. The third-order valence-electron chi connectivity index (χ3n) is 3.07. The van der Waals surface area contributed by atoms with Gasteiger partial charge < -0.3 is 4.74 Å². The standard InChI is InChI=1S/C14H17F3O/c1-9(2)11-5-12(10-3-4-10)7-13(6-11)18-8-14(15,16)17/h5-7,9-10H,3-4,8H2,1-2H3. The van der Waals surface area contributed by atoms with Gasteiger partial charge >= 0.3 is 6.18 Å². The molecule has 0 aromatic heterocycles. The molecule has 0 saturated heterocycles. The zero-order valence-electron chi connectivity index (χ0n) is 10.6. The maximum atomic E-state index is 12.1. The van der Waals surface area contributed by atoms with Crippen molar-refractivity contribution in [2.45, 2.75) is 44.7 Å². The average Bonchev–Trinajstić information content (AvgIpc) is 3.08. The molecular formula is C14H17F3O. The molecular weight excluding hydrogens is 241 g/mol. The van der Waals surface area contributed by atoms with Crippen LogP contribution in [0.1, 0.15) is 49.7 Å². The fraction of sp³-hybridized carbons (Fsp3) is 0.571. The van der Waals surface area contributed by atoms with E-state index in [9.17, 15) is 13.2 Å². The van der Waals surface area contributed by atoms with Crippen LogP contribution < -0.4 is 4.74 Å². The fourth-order valence-corrected chi connectivity index (χ4v) is 1.88. The highest BCUT2D eigenvalue weighted by atomic mass is 19.4. The van der Waals surface area contributed by atoms with E-state index in [0.29, 0.717) is 11.7 Å². The van der Waals surface area contributed by atoms with E-state index >= 15 is 0 Å². The third kappa shape index (κ3) is 3.65. The molecule has 0 unspecified atom stereocenters. The van der Waals surface area contributed by atoms with E-state index < -0.39 is 12.8 Å². The molecule has 2 rings (SSSR count). The average molecular weight is 258 g/mol. The molecule has 1 fully saturated rings. The van der Waals surface area contributed by atoms with E-state index in [1.165, 1.54) is 0 Å². The molecule has 0 spiro atoms. The normalized spacial score (nSPS) is 16.1. The van der Waals surface area contributed by atoms with Gasteiger partial charge in [-0.1, -0.05) is 19.9 Å². The number of ether oxygens (including phenoxy) is 1. The van der Waals surface area contributed by atoms with Crippen LogP contribution in [0, 0.1) is 0 Å². The van der Waals surface area contributed by atoms with Gasteiger partial charge in [0.1, 0.15) is 5.75 Å². The van der Waals surface area contributed by atoms with Crippen molar-refractivity contribution >= 4 is 0 Å². The Morgan fingerprint density at radius 2 is 1.89 bits per heavy atom. The number of hydrogen-bond donors (Lipinski definition) is 0. The minimum Gasteiger partial charge on any atom is -0.484 e. The summed E-state index contributed by atoms with van der Waals surface area (Å²) in [6.07, 6.45) is -2.03. The molecule has 1 aliphatic rings. The van der Waals surface area contributed by atoms with Crippen molar-refractivity contribution in [2.24, 2.45) is 0 Å². The van der Waals surface area contributed by atoms with Crippen molar-refractivity contribution < 1.29 is 17.9 Å². The van der Waals surface area contributed by atoms with Crippen LogP contribution in [0.3, 0.4) is 0 Å². The molecule has 1 aliphatic carbocycles. The van der Waals surface area contributed by atoms with Crippen molar-refractivity contribution in [1.29, 1.82) is 0 Å². The van der Waals surface area contributed by atoms with Gasteiger partial charge in [-0.3, -0.25) is 0 Å². The van der Waals surface area contributed by atoms with Gasteiger partial charge in [-0.25, -0.2) is 0 Å². The minimum atomic E-state index is -4.28. The predicted octanol–water partition coefficient (Wildman–Crippen LogP) is 4.63. The summed E-state index contributed by atoms with van der Waals surface area (Å²) >= 11 is 0. The number of rotatable bonds is 4. The Hall–Kier alpha value is -1.19. The van der Waals surface area contributed by atoms with Crippen molar-refractivity contribution in [3.05, 3.63) is 29.3 Å². The number of alkyl halides is 3. The first kappa shape index (κ1) is 13.2. The summed E-state index contributed by atoms with van der Waals surface area (Å²) in [7, 11) is 0. The van der Waals surface area contributed by atoms with Crippen LogP contribution in [0.25, 0.3) is 0 Å². The largest absolute Gasteiger partial charge is 0.484 e. The molecule has 0 radical (unpaired) electrons. The van der Waals surface area contributed by atoms with Gasteiger partial charge in [-0.05, 0) is 47.9 Å². The second kappa shape index (κ2) is 4.82. The molecule has 100 valence electrons. The Bertz CT molecular complexity index is 399. The van der Waals surface area contributed by atoms with Crippen LogP contribution in [0.5, 0.6) is 5.75 Å². The molecule has 0 heterocycles. The van der Waals surface area contributed by atoms with Gasteiger partial charge in [-0.15, -0.1) is 0 Å². The summed E-state index contributed by atoms with van der Waals surface area (Å²) in [5, 5.41) is 0. The molecule has 0 bridgehead atoms.